The summed E-state index contributed by atoms with van der Waals surface area (Å²) in [5, 5.41) is 0. The van der Waals surface area contributed by atoms with E-state index in [1.807, 2.05) is 60.7 Å². The zero-order chi connectivity index (χ0) is 23.9. The van der Waals surface area contributed by atoms with Gasteiger partial charge in [-0.25, -0.2) is 0 Å². The second-order valence-corrected chi connectivity index (χ2v) is 9.22. The maximum Gasteiger partial charge on any atom is 0.143 e. The number of ether oxygens (including phenoxy) is 1. The predicted molar refractivity (Wildman–Crippen MR) is 140 cm³/mol. The van der Waals surface area contributed by atoms with Crippen molar-refractivity contribution in [3.05, 3.63) is 144 Å². The predicted octanol–water partition coefficient (Wildman–Crippen LogP) is 6.09. The molecule has 176 valence electrons. The number of benzene rings is 4. The highest BCUT2D eigenvalue weighted by Gasteiger charge is 2.39. The third-order valence-electron chi connectivity index (χ3n) is 6.90. The van der Waals surface area contributed by atoms with Crippen LogP contribution in [0.1, 0.15) is 28.7 Å². The van der Waals surface area contributed by atoms with E-state index in [1.54, 1.807) is 0 Å². The lowest BCUT2D eigenvalue weighted by Gasteiger charge is -2.38. The Balaban J connectivity index is 1.46. The Morgan fingerprint density at radius 2 is 1.14 bits per heavy atom. The minimum Gasteiger partial charge on any atom is -0.360 e. The van der Waals surface area contributed by atoms with Crippen LogP contribution in [0.4, 0.5) is 0 Å². The van der Waals surface area contributed by atoms with Gasteiger partial charge in [0.15, 0.2) is 0 Å². The smallest absolute Gasteiger partial charge is 0.143 e. The van der Waals surface area contributed by atoms with Crippen molar-refractivity contribution in [3.8, 4) is 0 Å². The van der Waals surface area contributed by atoms with Crippen LogP contribution in [-0.2, 0) is 21.7 Å². The van der Waals surface area contributed by atoms with Gasteiger partial charge in [0, 0.05) is 26.1 Å². The van der Waals surface area contributed by atoms with Crippen LogP contribution in [0.5, 0.6) is 0 Å². The molecule has 1 aliphatic heterocycles. The number of rotatable bonds is 8. The highest BCUT2D eigenvalue weighted by molar-refractivity contribution is 5.82. The van der Waals surface area contributed by atoms with Gasteiger partial charge in [0.2, 0.25) is 0 Å². The van der Waals surface area contributed by atoms with Gasteiger partial charge in [-0.15, -0.1) is 0 Å². The summed E-state index contributed by atoms with van der Waals surface area (Å²) in [6.07, 6.45) is 0.565. The van der Waals surface area contributed by atoms with Crippen molar-refractivity contribution in [1.29, 1.82) is 0 Å². The molecule has 3 heteroatoms. The second-order valence-electron chi connectivity index (χ2n) is 9.22. The Hall–Kier alpha value is -3.53. The lowest BCUT2D eigenvalue weighted by atomic mass is 9.80. The van der Waals surface area contributed by atoms with Gasteiger partial charge < -0.3 is 4.74 Å². The molecule has 0 N–H and O–H groups in total. The van der Waals surface area contributed by atoms with Crippen molar-refractivity contribution in [3.63, 3.8) is 0 Å². The van der Waals surface area contributed by atoms with Crippen molar-refractivity contribution in [1.82, 2.24) is 4.90 Å². The van der Waals surface area contributed by atoms with Crippen LogP contribution in [0.3, 0.4) is 0 Å². The molecule has 0 amide bonds. The molecule has 1 heterocycles. The van der Waals surface area contributed by atoms with E-state index in [0.717, 1.165) is 29.8 Å². The number of piperidine rings is 1. The van der Waals surface area contributed by atoms with E-state index in [-0.39, 0.29) is 11.7 Å². The second kappa shape index (κ2) is 10.8. The number of carbonyl (C=O) groups excluding carboxylic acids is 1. The first kappa shape index (κ1) is 23.2. The minimum absolute atomic E-state index is 0.164. The summed E-state index contributed by atoms with van der Waals surface area (Å²) in [7, 11) is 0. The van der Waals surface area contributed by atoms with Crippen molar-refractivity contribution in [2.75, 3.05) is 19.7 Å². The van der Waals surface area contributed by atoms with E-state index in [1.165, 1.54) is 5.56 Å². The molecule has 0 bridgehead atoms. The number of likely N-dealkylation sites (tertiary alicyclic amines) is 1. The molecular weight excluding hydrogens is 430 g/mol. The Kier molecular flexibility index (Phi) is 7.17. The summed E-state index contributed by atoms with van der Waals surface area (Å²) in [4.78, 5) is 15.4. The summed E-state index contributed by atoms with van der Waals surface area (Å²) >= 11 is 0. The van der Waals surface area contributed by atoms with Gasteiger partial charge in [0.05, 0.1) is 12.5 Å². The summed E-state index contributed by atoms with van der Waals surface area (Å²) < 4.78 is 6.95. The lowest BCUT2D eigenvalue weighted by Crippen LogP contribution is -2.44. The SMILES string of the molecule is O=C1CCN(Cc2ccccc2)C[C@H]1COC(c1ccccc1)(c1ccccc1)c1ccccc1. The minimum atomic E-state index is -0.800. The number of hydrogen-bond acceptors (Lipinski definition) is 3. The highest BCUT2D eigenvalue weighted by atomic mass is 16.5. The molecule has 3 nitrogen and oxygen atoms in total. The van der Waals surface area contributed by atoms with Crippen LogP contribution in [0.2, 0.25) is 0 Å². The average molecular weight is 462 g/mol. The number of hydrogen-bond donors (Lipinski definition) is 0. The molecular formula is C32H31NO2. The summed E-state index contributed by atoms with van der Waals surface area (Å²) in [5.41, 5.74) is 3.64. The van der Waals surface area contributed by atoms with Crippen LogP contribution in [0, 0.1) is 5.92 Å². The van der Waals surface area contributed by atoms with Crippen molar-refractivity contribution in [2.45, 2.75) is 18.6 Å². The summed E-state index contributed by atoms with van der Waals surface area (Å²) in [6.45, 7) is 2.72. The molecule has 1 saturated heterocycles. The fraction of sp³-hybridized carbons (Fsp3) is 0.219. The molecule has 0 spiro atoms. The zero-order valence-electron chi connectivity index (χ0n) is 19.9. The first-order valence-electron chi connectivity index (χ1n) is 12.4. The molecule has 0 aliphatic carbocycles. The largest absolute Gasteiger partial charge is 0.360 e. The average Bonchev–Trinajstić information content (AvgIpc) is 2.93. The number of nitrogens with zero attached hydrogens (tertiary/aromatic N) is 1. The third-order valence-corrected chi connectivity index (χ3v) is 6.90. The molecule has 0 saturated carbocycles. The first-order valence-corrected chi connectivity index (χ1v) is 12.4. The Morgan fingerprint density at radius 3 is 1.63 bits per heavy atom. The van der Waals surface area contributed by atoms with E-state index in [4.69, 9.17) is 4.74 Å². The molecule has 35 heavy (non-hydrogen) atoms. The van der Waals surface area contributed by atoms with Crippen molar-refractivity contribution in [2.24, 2.45) is 5.92 Å². The highest BCUT2D eigenvalue weighted by Crippen LogP contribution is 2.41. The van der Waals surface area contributed by atoms with Gasteiger partial charge in [0.25, 0.3) is 0 Å². The van der Waals surface area contributed by atoms with Crippen LogP contribution < -0.4 is 0 Å². The molecule has 4 aromatic carbocycles. The monoisotopic (exact) mass is 461 g/mol. The molecule has 1 aliphatic rings. The standard InChI is InChI=1S/C32H31NO2/c34-31-21-22-33(23-26-13-5-1-6-14-26)24-27(31)25-35-32(28-15-7-2-8-16-28,29-17-9-3-10-18-29)30-19-11-4-12-20-30/h1-20,27H,21-25H2/t27-/m0/s1. The van der Waals surface area contributed by atoms with E-state index >= 15 is 0 Å². The van der Waals surface area contributed by atoms with E-state index in [2.05, 4.69) is 65.6 Å². The fourth-order valence-electron chi connectivity index (χ4n) is 5.10. The number of carbonyl (C=O) groups is 1. The van der Waals surface area contributed by atoms with Gasteiger partial charge in [-0.05, 0) is 22.3 Å². The summed E-state index contributed by atoms with van der Waals surface area (Å²) in [6, 6.07) is 41.5. The maximum atomic E-state index is 13.0. The summed E-state index contributed by atoms with van der Waals surface area (Å²) in [5.74, 6) is 0.125. The van der Waals surface area contributed by atoms with Gasteiger partial charge in [-0.3, -0.25) is 9.69 Å². The van der Waals surface area contributed by atoms with Crippen molar-refractivity contribution < 1.29 is 9.53 Å². The molecule has 1 fully saturated rings. The van der Waals surface area contributed by atoms with E-state index < -0.39 is 5.60 Å². The maximum absolute atomic E-state index is 13.0. The number of ketones is 1. The van der Waals surface area contributed by atoms with E-state index in [0.29, 0.717) is 19.6 Å². The Bertz CT molecular complexity index is 1110. The number of Topliss-reactive ketones (excluding diaryl/α,β-unsaturated/α-hetero) is 1. The third kappa shape index (κ3) is 5.12. The van der Waals surface area contributed by atoms with Crippen LogP contribution in [0.15, 0.2) is 121 Å². The van der Waals surface area contributed by atoms with Gasteiger partial charge in [0.1, 0.15) is 11.4 Å². The van der Waals surface area contributed by atoms with Gasteiger partial charge in [-0.2, -0.15) is 0 Å². The zero-order valence-corrected chi connectivity index (χ0v) is 19.9. The Labute approximate surface area is 208 Å². The topological polar surface area (TPSA) is 29.5 Å². The quantitative estimate of drug-likeness (QED) is 0.298. The molecule has 0 aromatic heterocycles. The normalized spacial score (nSPS) is 16.8. The first-order chi connectivity index (χ1) is 17.3. The van der Waals surface area contributed by atoms with Gasteiger partial charge in [-0.1, -0.05) is 121 Å². The molecule has 5 rings (SSSR count). The van der Waals surface area contributed by atoms with Crippen LogP contribution in [0.25, 0.3) is 0 Å². The fourth-order valence-corrected chi connectivity index (χ4v) is 5.10. The van der Waals surface area contributed by atoms with Crippen LogP contribution >= 0.6 is 0 Å². The van der Waals surface area contributed by atoms with Gasteiger partial charge >= 0.3 is 0 Å². The lowest BCUT2D eigenvalue weighted by molar-refractivity contribution is -0.131. The van der Waals surface area contributed by atoms with Crippen LogP contribution in [-0.4, -0.2) is 30.4 Å². The van der Waals surface area contributed by atoms with E-state index in [9.17, 15) is 4.79 Å². The Morgan fingerprint density at radius 1 is 0.686 bits per heavy atom. The molecule has 0 radical (unpaired) electrons. The molecule has 1 atom stereocenters. The molecule has 0 unspecified atom stereocenters. The molecule has 4 aromatic rings. The van der Waals surface area contributed by atoms with Crippen molar-refractivity contribution >= 4 is 5.78 Å².